The third-order valence-electron chi connectivity index (χ3n) is 6.18. The molecule has 1 atom stereocenters. The summed E-state index contributed by atoms with van der Waals surface area (Å²) in [5, 5.41) is 4.11. The van der Waals surface area contributed by atoms with Gasteiger partial charge in [0.2, 0.25) is 5.91 Å². The molecule has 0 aromatic heterocycles. The van der Waals surface area contributed by atoms with Crippen molar-refractivity contribution in [3.05, 3.63) is 34.9 Å². The Labute approximate surface area is 192 Å². The molecule has 2 aliphatic rings. The number of piperazine rings is 2. The fourth-order valence-electron chi connectivity index (χ4n) is 4.12. The van der Waals surface area contributed by atoms with E-state index in [1.165, 1.54) is 0 Å². The number of aliphatic imine (C=N–C) groups is 1. The number of amides is 1. The summed E-state index contributed by atoms with van der Waals surface area (Å²) in [6, 6.07) is 7.99. The van der Waals surface area contributed by atoms with Crippen molar-refractivity contribution in [1.82, 2.24) is 24.9 Å². The maximum atomic E-state index is 12.7. The molecule has 7 nitrogen and oxygen atoms in total. The normalized spacial score (nSPS) is 20.1. The molecule has 8 heteroatoms. The summed E-state index contributed by atoms with van der Waals surface area (Å²) in [6.07, 6.45) is 0.400. The molecule has 1 aromatic rings. The van der Waals surface area contributed by atoms with E-state index >= 15 is 0 Å². The molecule has 0 bridgehead atoms. The number of benzene rings is 1. The molecule has 2 aliphatic heterocycles. The van der Waals surface area contributed by atoms with Crippen LogP contribution < -0.4 is 5.32 Å². The Bertz CT molecular complexity index is 741. The zero-order chi connectivity index (χ0) is 22.2. The molecule has 2 fully saturated rings. The zero-order valence-corrected chi connectivity index (χ0v) is 19.9. The zero-order valence-electron chi connectivity index (χ0n) is 19.2. The van der Waals surface area contributed by atoms with Crippen LogP contribution in [-0.4, -0.2) is 110 Å². The van der Waals surface area contributed by atoms with Crippen LogP contribution in [0.5, 0.6) is 0 Å². The summed E-state index contributed by atoms with van der Waals surface area (Å²) >= 11 is 6.05. The van der Waals surface area contributed by atoms with Crippen LogP contribution in [0.2, 0.25) is 5.02 Å². The Morgan fingerprint density at radius 1 is 1.10 bits per heavy atom. The van der Waals surface area contributed by atoms with Crippen molar-refractivity contribution in [3.63, 3.8) is 0 Å². The second-order valence-corrected chi connectivity index (χ2v) is 8.99. The van der Waals surface area contributed by atoms with Gasteiger partial charge in [0.05, 0.1) is 13.0 Å². The quantitative estimate of drug-likeness (QED) is 0.529. The van der Waals surface area contributed by atoms with Gasteiger partial charge in [-0.3, -0.25) is 14.7 Å². The first-order valence-corrected chi connectivity index (χ1v) is 11.8. The van der Waals surface area contributed by atoms with Crippen LogP contribution in [-0.2, 0) is 11.2 Å². The standard InChI is InChI=1S/C23H37ClN6O/c1-4-25-23(26-18-19(2)28-10-8-27(3)9-11-28)30-14-12-29(13-15-30)22(31)17-20-6-5-7-21(24)16-20/h5-7,16,19H,4,8-15,17-18H2,1-3H3,(H,25,26). The van der Waals surface area contributed by atoms with Gasteiger partial charge in [-0.05, 0) is 38.6 Å². The van der Waals surface area contributed by atoms with Crippen LogP contribution in [0, 0.1) is 0 Å². The van der Waals surface area contributed by atoms with Crippen molar-refractivity contribution in [2.75, 3.05) is 72.5 Å². The minimum atomic E-state index is 0.160. The monoisotopic (exact) mass is 448 g/mol. The molecular weight excluding hydrogens is 412 g/mol. The van der Waals surface area contributed by atoms with E-state index in [4.69, 9.17) is 16.6 Å². The fourth-order valence-corrected chi connectivity index (χ4v) is 4.34. The van der Waals surface area contributed by atoms with Crippen LogP contribution in [0.3, 0.4) is 0 Å². The maximum Gasteiger partial charge on any atom is 0.227 e. The molecule has 31 heavy (non-hydrogen) atoms. The predicted octanol–water partition coefficient (Wildman–Crippen LogP) is 1.63. The first-order valence-electron chi connectivity index (χ1n) is 11.4. The second kappa shape index (κ2) is 11.7. The molecule has 1 unspecified atom stereocenters. The summed E-state index contributed by atoms with van der Waals surface area (Å²) < 4.78 is 0. The number of carbonyl (C=O) groups excluding carboxylic acids is 1. The van der Waals surface area contributed by atoms with Crippen LogP contribution in [0.25, 0.3) is 0 Å². The molecule has 172 valence electrons. The van der Waals surface area contributed by atoms with Crippen molar-refractivity contribution in [1.29, 1.82) is 0 Å². The van der Waals surface area contributed by atoms with Gasteiger partial charge in [-0.2, -0.15) is 0 Å². The van der Waals surface area contributed by atoms with Gasteiger partial charge in [0.25, 0.3) is 0 Å². The Morgan fingerprint density at radius 2 is 1.77 bits per heavy atom. The molecule has 0 radical (unpaired) electrons. The minimum absolute atomic E-state index is 0.160. The van der Waals surface area contributed by atoms with E-state index in [1.54, 1.807) is 0 Å². The first kappa shape index (κ1) is 23.8. The lowest BCUT2D eigenvalue weighted by Gasteiger charge is -2.38. The lowest BCUT2D eigenvalue weighted by molar-refractivity contribution is -0.131. The number of nitrogens with zero attached hydrogens (tertiary/aromatic N) is 5. The van der Waals surface area contributed by atoms with Crippen molar-refractivity contribution in [2.24, 2.45) is 4.99 Å². The summed E-state index contributed by atoms with van der Waals surface area (Å²) in [7, 11) is 2.18. The Balaban J connectivity index is 1.50. The summed E-state index contributed by atoms with van der Waals surface area (Å²) in [5.74, 6) is 1.12. The Kier molecular flexibility index (Phi) is 8.99. The lowest BCUT2D eigenvalue weighted by atomic mass is 10.1. The summed E-state index contributed by atoms with van der Waals surface area (Å²) in [6.45, 7) is 13.5. The topological polar surface area (TPSA) is 54.4 Å². The van der Waals surface area contributed by atoms with Gasteiger partial charge in [0, 0.05) is 70.0 Å². The number of hydrogen-bond acceptors (Lipinski definition) is 4. The average molecular weight is 449 g/mol. The van der Waals surface area contributed by atoms with E-state index in [0.717, 1.165) is 77.0 Å². The molecule has 0 spiro atoms. The lowest BCUT2D eigenvalue weighted by Crippen LogP contribution is -2.54. The number of halogens is 1. The molecule has 2 heterocycles. The van der Waals surface area contributed by atoms with E-state index in [0.29, 0.717) is 17.5 Å². The van der Waals surface area contributed by atoms with Crippen molar-refractivity contribution in [3.8, 4) is 0 Å². The average Bonchev–Trinajstić information content (AvgIpc) is 2.77. The van der Waals surface area contributed by atoms with E-state index in [2.05, 4.69) is 40.9 Å². The van der Waals surface area contributed by atoms with Crippen molar-refractivity contribution in [2.45, 2.75) is 26.3 Å². The van der Waals surface area contributed by atoms with Gasteiger partial charge >= 0.3 is 0 Å². The Hall–Kier alpha value is -1.83. The number of guanidine groups is 1. The van der Waals surface area contributed by atoms with Crippen LogP contribution in [0.1, 0.15) is 19.4 Å². The number of rotatable bonds is 6. The molecular formula is C23H37ClN6O. The molecule has 1 amide bonds. The highest BCUT2D eigenvalue weighted by Gasteiger charge is 2.24. The number of carbonyl (C=O) groups is 1. The first-order chi connectivity index (χ1) is 15.0. The van der Waals surface area contributed by atoms with Crippen LogP contribution >= 0.6 is 11.6 Å². The molecule has 0 saturated carbocycles. The fraction of sp³-hybridized carbons (Fsp3) is 0.652. The van der Waals surface area contributed by atoms with Gasteiger partial charge < -0.3 is 20.0 Å². The number of likely N-dealkylation sites (N-methyl/N-ethyl adjacent to an activating group) is 1. The smallest absolute Gasteiger partial charge is 0.227 e. The SMILES string of the molecule is CCNC(=NCC(C)N1CCN(C)CC1)N1CCN(C(=O)Cc2cccc(Cl)c2)CC1. The third-order valence-corrected chi connectivity index (χ3v) is 6.41. The van der Waals surface area contributed by atoms with Gasteiger partial charge in [-0.1, -0.05) is 23.7 Å². The largest absolute Gasteiger partial charge is 0.357 e. The van der Waals surface area contributed by atoms with E-state index < -0.39 is 0 Å². The predicted molar refractivity (Wildman–Crippen MR) is 128 cm³/mol. The van der Waals surface area contributed by atoms with E-state index in [9.17, 15) is 4.79 Å². The van der Waals surface area contributed by atoms with Gasteiger partial charge in [-0.15, -0.1) is 0 Å². The van der Waals surface area contributed by atoms with Crippen molar-refractivity contribution >= 4 is 23.5 Å². The van der Waals surface area contributed by atoms with Crippen LogP contribution in [0.4, 0.5) is 0 Å². The number of nitrogens with one attached hydrogen (secondary N) is 1. The highest BCUT2D eigenvalue weighted by molar-refractivity contribution is 6.30. The van der Waals surface area contributed by atoms with Gasteiger partial charge in [0.15, 0.2) is 5.96 Å². The highest BCUT2D eigenvalue weighted by atomic mass is 35.5. The highest BCUT2D eigenvalue weighted by Crippen LogP contribution is 2.13. The van der Waals surface area contributed by atoms with Gasteiger partial charge in [0.1, 0.15) is 0 Å². The second-order valence-electron chi connectivity index (χ2n) is 8.56. The van der Waals surface area contributed by atoms with E-state index in [1.807, 2.05) is 29.2 Å². The van der Waals surface area contributed by atoms with E-state index in [-0.39, 0.29) is 5.91 Å². The summed E-state index contributed by atoms with van der Waals surface area (Å²) in [4.78, 5) is 26.8. The maximum absolute atomic E-state index is 12.7. The van der Waals surface area contributed by atoms with Crippen LogP contribution in [0.15, 0.2) is 29.3 Å². The molecule has 2 saturated heterocycles. The Morgan fingerprint density at radius 3 is 2.42 bits per heavy atom. The molecule has 1 N–H and O–H groups in total. The van der Waals surface area contributed by atoms with Gasteiger partial charge in [-0.25, -0.2) is 0 Å². The molecule has 3 rings (SSSR count). The minimum Gasteiger partial charge on any atom is -0.357 e. The number of hydrogen-bond donors (Lipinski definition) is 1. The molecule has 1 aromatic carbocycles. The summed E-state index contributed by atoms with van der Waals surface area (Å²) in [5.41, 5.74) is 0.965. The van der Waals surface area contributed by atoms with Crippen molar-refractivity contribution < 1.29 is 4.79 Å². The molecule has 0 aliphatic carbocycles. The third kappa shape index (κ3) is 7.09.